The van der Waals surface area contributed by atoms with Gasteiger partial charge in [0.25, 0.3) is 0 Å². The summed E-state index contributed by atoms with van der Waals surface area (Å²) in [6.07, 6.45) is 0. The van der Waals surface area contributed by atoms with Crippen molar-refractivity contribution in [1.82, 2.24) is 4.98 Å². The summed E-state index contributed by atoms with van der Waals surface area (Å²) < 4.78 is 9.99. The van der Waals surface area contributed by atoms with Crippen LogP contribution < -0.4 is 4.74 Å². The molecule has 0 atom stereocenters. The molecule has 0 unspecified atom stereocenters. The molecule has 18 heavy (non-hydrogen) atoms. The Labute approximate surface area is 147 Å². The highest BCUT2D eigenvalue weighted by Gasteiger charge is 2.17. The molecule has 7 heteroatoms. The molecular formula is C11H6Br5NO. The molecule has 0 aliphatic carbocycles. The van der Waals surface area contributed by atoms with Gasteiger partial charge in [0.1, 0.15) is 5.75 Å². The maximum Gasteiger partial charge on any atom is 0.133 e. The normalized spacial score (nSPS) is 10.8. The molecule has 0 saturated carbocycles. The number of hydrogen-bond acceptors (Lipinski definition) is 1. The first-order chi connectivity index (χ1) is 8.45. The summed E-state index contributed by atoms with van der Waals surface area (Å²) >= 11 is 17.5. The Bertz CT molecular complexity index is 608. The summed E-state index contributed by atoms with van der Waals surface area (Å²) in [6, 6.07) is 3.92. The van der Waals surface area contributed by atoms with Crippen molar-refractivity contribution in [3.05, 3.63) is 34.6 Å². The van der Waals surface area contributed by atoms with Crippen molar-refractivity contribution < 1.29 is 4.74 Å². The minimum absolute atomic E-state index is 0.780. The number of benzene rings is 1. The molecule has 0 bridgehead atoms. The van der Waals surface area contributed by atoms with E-state index in [1.807, 2.05) is 12.1 Å². The molecule has 0 spiro atoms. The zero-order chi connectivity index (χ0) is 13.4. The molecule has 0 fully saturated rings. The molecule has 1 heterocycles. The van der Waals surface area contributed by atoms with Crippen LogP contribution in [-0.2, 0) is 0 Å². The molecule has 2 nitrogen and oxygen atoms in total. The van der Waals surface area contributed by atoms with Gasteiger partial charge in [-0.05, 0) is 75.9 Å². The quantitative estimate of drug-likeness (QED) is 0.440. The zero-order valence-corrected chi connectivity index (χ0v) is 16.9. The van der Waals surface area contributed by atoms with Gasteiger partial charge in [-0.2, -0.15) is 0 Å². The van der Waals surface area contributed by atoms with E-state index in [9.17, 15) is 0 Å². The van der Waals surface area contributed by atoms with Gasteiger partial charge in [0, 0.05) is 10.0 Å². The maximum absolute atomic E-state index is 5.32. The van der Waals surface area contributed by atoms with Crippen molar-refractivity contribution in [3.8, 4) is 17.0 Å². The number of methoxy groups -OCH3 is 1. The van der Waals surface area contributed by atoms with Crippen LogP contribution in [0.3, 0.4) is 0 Å². The minimum Gasteiger partial charge on any atom is -0.496 e. The number of rotatable bonds is 2. The van der Waals surface area contributed by atoms with Crippen molar-refractivity contribution in [2.45, 2.75) is 0 Å². The van der Waals surface area contributed by atoms with Crippen LogP contribution in [0.1, 0.15) is 0 Å². The minimum atomic E-state index is 0.780. The van der Waals surface area contributed by atoms with E-state index in [4.69, 9.17) is 4.74 Å². The number of halogens is 5. The lowest BCUT2D eigenvalue weighted by Gasteiger charge is -2.09. The molecule has 0 radical (unpaired) electrons. The Morgan fingerprint density at radius 1 is 0.944 bits per heavy atom. The molecule has 96 valence electrons. The SMILES string of the molecule is COc1cc(-c2[nH]c(Br)c(Br)c2Br)c(Br)cc1Br. The van der Waals surface area contributed by atoms with Gasteiger partial charge in [-0.1, -0.05) is 15.9 Å². The average Bonchev–Trinajstić information content (AvgIpc) is 2.57. The summed E-state index contributed by atoms with van der Waals surface area (Å²) in [5.41, 5.74) is 1.97. The number of hydrogen-bond donors (Lipinski definition) is 1. The van der Waals surface area contributed by atoms with Crippen LogP contribution in [0.25, 0.3) is 11.3 Å². The first-order valence-electron chi connectivity index (χ1n) is 4.71. The number of H-pyrrole nitrogens is 1. The first kappa shape index (κ1) is 15.1. The Morgan fingerprint density at radius 2 is 1.61 bits per heavy atom. The maximum atomic E-state index is 5.32. The number of ether oxygens (including phenoxy) is 1. The van der Waals surface area contributed by atoms with Gasteiger partial charge in [-0.15, -0.1) is 0 Å². The molecule has 0 aliphatic rings. The van der Waals surface area contributed by atoms with Crippen molar-refractivity contribution in [2.24, 2.45) is 0 Å². The van der Waals surface area contributed by atoms with Crippen LogP contribution in [0.2, 0.25) is 0 Å². The molecule has 0 aliphatic heterocycles. The Kier molecular flexibility index (Phi) is 5.03. The summed E-state index contributed by atoms with van der Waals surface area (Å²) in [7, 11) is 1.65. The lowest BCUT2D eigenvalue weighted by Crippen LogP contribution is -1.88. The Morgan fingerprint density at radius 3 is 2.11 bits per heavy atom. The van der Waals surface area contributed by atoms with Gasteiger partial charge < -0.3 is 9.72 Å². The average molecular weight is 568 g/mol. The number of aromatic nitrogens is 1. The van der Waals surface area contributed by atoms with Crippen LogP contribution in [0.5, 0.6) is 5.75 Å². The van der Waals surface area contributed by atoms with Gasteiger partial charge in [0.05, 0.1) is 30.8 Å². The smallest absolute Gasteiger partial charge is 0.133 e. The first-order valence-corrected chi connectivity index (χ1v) is 8.68. The fraction of sp³-hybridized carbons (Fsp3) is 0.0909. The standard InChI is InChI=1S/C11H6Br5NO/c1-18-7-2-4(5(12)3-6(7)13)10-8(14)9(15)11(16)17-10/h2-3,17H,1H3. The largest absolute Gasteiger partial charge is 0.496 e. The van der Waals surface area contributed by atoms with Crippen LogP contribution in [-0.4, -0.2) is 12.1 Å². The predicted octanol–water partition coefficient (Wildman–Crippen LogP) is 6.50. The summed E-state index contributed by atoms with van der Waals surface area (Å²) in [4.78, 5) is 3.26. The van der Waals surface area contributed by atoms with Crippen molar-refractivity contribution >= 4 is 79.6 Å². The third-order valence-corrected chi connectivity index (χ3v) is 6.87. The second-order valence-electron chi connectivity index (χ2n) is 3.41. The van der Waals surface area contributed by atoms with Crippen LogP contribution in [0.15, 0.2) is 34.6 Å². The molecule has 1 N–H and O–H groups in total. The van der Waals surface area contributed by atoms with E-state index in [0.717, 1.165) is 39.5 Å². The van der Waals surface area contributed by atoms with E-state index in [2.05, 4.69) is 84.6 Å². The summed E-state index contributed by atoms with van der Waals surface area (Å²) in [6.45, 7) is 0. The van der Waals surface area contributed by atoms with Gasteiger partial charge in [-0.3, -0.25) is 0 Å². The van der Waals surface area contributed by atoms with Crippen molar-refractivity contribution in [1.29, 1.82) is 0 Å². The van der Waals surface area contributed by atoms with Gasteiger partial charge in [0.2, 0.25) is 0 Å². The fourth-order valence-electron chi connectivity index (χ4n) is 1.49. The monoisotopic (exact) mass is 563 g/mol. The van der Waals surface area contributed by atoms with E-state index in [-0.39, 0.29) is 0 Å². The highest BCUT2D eigenvalue weighted by atomic mass is 79.9. The lowest BCUT2D eigenvalue weighted by molar-refractivity contribution is 0.412. The van der Waals surface area contributed by atoms with Crippen LogP contribution in [0, 0.1) is 0 Å². The Hall–Kier alpha value is 0.700. The molecule has 1 aromatic heterocycles. The highest BCUT2D eigenvalue weighted by molar-refractivity contribution is 9.14. The Balaban J connectivity index is 2.67. The molecule has 2 aromatic rings. The summed E-state index contributed by atoms with van der Waals surface area (Å²) in [5.74, 6) is 0.780. The third kappa shape index (κ3) is 2.75. The van der Waals surface area contributed by atoms with Crippen molar-refractivity contribution in [3.63, 3.8) is 0 Å². The van der Waals surface area contributed by atoms with E-state index < -0.39 is 0 Å². The van der Waals surface area contributed by atoms with Crippen molar-refractivity contribution in [2.75, 3.05) is 7.11 Å². The molecule has 2 rings (SSSR count). The predicted molar refractivity (Wildman–Crippen MR) is 91.3 cm³/mol. The lowest BCUT2D eigenvalue weighted by atomic mass is 10.1. The van der Waals surface area contributed by atoms with E-state index in [1.54, 1.807) is 7.11 Å². The second kappa shape index (κ2) is 5.99. The summed E-state index contributed by atoms with van der Waals surface area (Å²) in [5, 5.41) is 0. The molecule has 1 aromatic carbocycles. The topological polar surface area (TPSA) is 25.0 Å². The third-order valence-electron chi connectivity index (χ3n) is 2.35. The van der Waals surface area contributed by atoms with Crippen LogP contribution in [0.4, 0.5) is 0 Å². The van der Waals surface area contributed by atoms with E-state index in [1.165, 1.54) is 0 Å². The van der Waals surface area contributed by atoms with Gasteiger partial charge >= 0.3 is 0 Å². The van der Waals surface area contributed by atoms with Crippen LogP contribution >= 0.6 is 79.6 Å². The fourth-order valence-corrected chi connectivity index (χ4v) is 4.31. The number of nitrogens with one attached hydrogen (secondary N) is 1. The second-order valence-corrected chi connectivity index (χ2v) is 7.50. The van der Waals surface area contributed by atoms with Gasteiger partial charge in [-0.25, -0.2) is 0 Å². The molecule has 0 saturated heterocycles. The van der Waals surface area contributed by atoms with E-state index >= 15 is 0 Å². The highest BCUT2D eigenvalue weighted by Crippen LogP contribution is 2.43. The molecular weight excluding hydrogens is 562 g/mol. The molecule has 0 amide bonds. The zero-order valence-electron chi connectivity index (χ0n) is 8.95. The number of aromatic amines is 1. The van der Waals surface area contributed by atoms with Gasteiger partial charge in [0.15, 0.2) is 0 Å². The van der Waals surface area contributed by atoms with E-state index in [0.29, 0.717) is 0 Å².